The Hall–Kier alpha value is -4.58. The van der Waals surface area contributed by atoms with Crippen LogP contribution in [-0.2, 0) is 4.74 Å². The number of alkyl halides is 1. The van der Waals surface area contributed by atoms with E-state index in [1.807, 2.05) is 12.1 Å². The van der Waals surface area contributed by atoms with E-state index >= 15 is 4.39 Å². The molecule has 2 aromatic rings. The fourth-order valence-corrected chi connectivity index (χ4v) is 6.42. The number of halogens is 1. The molecule has 0 aliphatic carbocycles. The molecule has 254 valence electrons. The second-order valence-electron chi connectivity index (χ2n) is 12.4. The Bertz CT molecular complexity index is 1570. The maximum Gasteiger partial charge on any atom is 0.320 e. The van der Waals surface area contributed by atoms with Gasteiger partial charge in [-0.25, -0.2) is 14.2 Å². The molecule has 4 heterocycles. The molecule has 2 amide bonds. The smallest absolute Gasteiger partial charge is 0.320 e. The van der Waals surface area contributed by atoms with Gasteiger partial charge in [-0.3, -0.25) is 9.89 Å². The summed E-state index contributed by atoms with van der Waals surface area (Å²) in [6.07, 6.45) is -1.99. The molecular weight excluding hydrogens is 617 g/mol. The minimum absolute atomic E-state index is 0.115. The van der Waals surface area contributed by atoms with Crippen LogP contribution in [0.15, 0.2) is 57.4 Å². The minimum Gasteiger partial charge on any atom is -0.486 e. The number of hydrogen-bond acceptors (Lipinski definition) is 8. The molecule has 0 bridgehead atoms. The van der Waals surface area contributed by atoms with Crippen molar-refractivity contribution in [2.24, 2.45) is 15.0 Å². The van der Waals surface area contributed by atoms with E-state index in [0.29, 0.717) is 37.1 Å². The molecule has 4 aliphatic heterocycles. The third kappa shape index (κ3) is 7.59. The Kier molecular flexibility index (Phi) is 10.5. The predicted molar refractivity (Wildman–Crippen MR) is 182 cm³/mol. The Morgan fingerprint density at radius 3 is 2.40 bits per heavy atom. The SMILES string of the molecule is C=NC(=NC(=NC)Nc1ccc(N2CCN(C3COC3)CC2)cc1)c1ccc(O[C@H]2CCN(C(=O)N3CC[C@@H](O)C3)C[C@H]2F)c(C#N)c1. The molecule has 6 rings (SSSR count). The quantitative estimate of drug-likeness (QED) is 0.356. The Labute approximate surface area is 280 Å². The number of nitriles is 1. The Morgan fingerprint density at radius 2 is 1.79 bits per heavy atom. The van der Waals surface area contributed by atoms with Crippen LogP contribution in [0.25, 0.3) is 0 Å². The Morgan fingerprint density at radius 1 is 1.06 bits per heavy atom. The predicted octanol–water partition coefficient (Wildman–Crippen LogP) is 2.60. The molecular formula is C34H42FN9O4. The molecule has 14 heteroatoms. The van der Waals surface area contributed by atoms with Gasteiger partial charge in [0.15, 0.2) is 12.0 Å². The number of amidine groups is 1. The number of amides is 2. The monoisotopic (exact) mass is 659 g/mol. The number of ether oxygens (including phenoxy) is 2. The second-order valence-corrected chi connectivity index (χ2v) is 12.4. The lowest BCUT2D eigenvalue weighted by molar-refractivity contribution is -0.0660. The van der Waals surface area contributed by atoms with Crippen LogP contribution in [0.1, 0.15) is 24.0 Å². The van der Waals surface area contributed by atoms with E-state index in [1.54, 1.807) is 30.1 Å². The fraction of sp³-hybridized carbons (Fsp3) is 0.500. The molecule has 4 aliphatic rings. The van der Waals surface area contributed by atoms with Crippen LogP contribution in [0, 0.1) is 11.3 Å². The maximum absolute atomic E-state index is 15.2. The number of piperazine rings is 1. The summed E-state index contributed by atoms with van der Waals surface area (Å²) in [6.45, 7) is 10.3. The van der Waals surface area contributed by atoms with Crippen LogP contribution >= 0.6 is 0 Å². The highest BCUT2D eigenvalue weighted by Crippen LogP contribution is 2.27. The van der Waals surface area contributed by atoms with Gasteiger partial charge in [-0.1, -0.05) is 0 Å². The molecule has 4 fully saturated rings. The number of anilines is 2. The number of carbonyl (C=O) groups excluding carboxylic acids is 1. The number of carbonyl (C=O) groups is 1. The van der Waals surface area contributed by atoms with Crippen molar-refractivity contribution in [2.75, 3.05) is 82.8 Å². The minimum atomic E-state index is -1.44. The van der Waals surface area contributed by atoms with Gasteiger partial charge in [-0.05, 0) is 55.6 Å². The molecule has 3 atom stereocenters. The van der Waals surface area contributed by atoms with E-state index in [0.717, 1.165) is 50.8 Å². The van der Waals surface area contributed by atoms with Crippen molar-refractivity contribution in [1.82, 2.24) is 14.7 Å². The van der Waals surface area contributed by atoms with Crippen LogP contribution < -0.4 is 15.0 Å². The third-order valence-electron chi connectivity index (χ3n) is 9.34. The number of rotatable bonds is 6. The van der Waals surface area contributed by atoms with Gasteiger partial charge in [0.1, 0.15) is 17.9 Å². The topological polar surface area (TPSA) is 142 Å². The van der Waals surface area contributed by atoms with Gasteiger partial charge >= 0.3 is 6.03 Å². The van der Waals surface area contributed by atoms with Crippen molar-refractivity contribution in [3.05, 3.63) is 53.6 Å². The third-order valence-corrected chi connectivity index (χ3v) is 9.34. The summed E-state index contributed by atoms with van der Waals surface area (Å²) in [6, 6.07) is 15.4. The van der Waals surface area contributed by atoms with Gasteiger partial charge in [-0.15, -0.1) is 0 Å². The number of guanidine groups is 1. The summed E-state index contributed by atoms with van der Waals surface area (Å²) >= 11 is 0. The average molecular weight is 660 g/mol. The van der Waals surface area contributed by atoms with E-state index < -0.39 is 18.4 Å². The van der Waals surface area contributed by atoms with Crippen molar-refractivity contribution in [3.63, 3.8) is 0 Å². The van der Waals surface area contributed by atoms with Crippen LogP contribution in [0.2, 0.25) is 0 Å². The zero-order valence-electron chi connectivity index (χ0n) is 27.2. The molecule has 2 aromatic carbocycles. The summed E-state index contributed by atoms with van der Waals surface area (Å²) in [4.78, 5) is 33.5. The van der Waals surface area contributed by atoms with E-state index in [-0.39, 0.29) is 42.7 Å². The first-order valence-corrected chi connectivity index (χ1v) is 16.4. The van der Waals surface area contributed by atoms with Crippen molar-refractivity contribution in [2.45, 2.75) is 37.3 Å². The maximum atomic E-state index is 15.2. The number of hydrogen-bond donors (Lipinski definition) is 2. The van der Waals surface area contributed by atoms with Crippen LogP contribution in [0.5, 0.6) is 5.75 Å². The van der Waals surface area contributed by atoms with Crippen LogP contribution in [0.4, 0.5) is 20.6 Å². The van der Waals surface area contributed by atoms with Crippen molar-refractivity contribution in [1.29, 1.82) is 5.26 Å². The van der Waals surface area contributed by atoms with Gasteiger partial charge in [0.05, 0.1) is 37.5 Å². The number of likely N-dealkylation sites (tertiary alicyclic amines) is 2. The number of urea groups is 1. The average Bonchev–Trinajstić information content (AvgIpc) is 3.53. The van der Waals surface area contributed by atoms with Gasteiger partial charge in [0.2, 0.25) is 5.96 Å². The number of β-amino-alcohol motifs (C(OH)–C–C–N with tert-alkyl or cyclic N) is 1. The fourth-order valence-electron chi connectivity index (χ4n) is 6.42. The number of nitrogens with one attached hydrogen (secondary N) is 1. The second kappa shape index (κ2) is 15.1. The summed E-state index contributed by atoms with van der Waals surface area (Å²) in [7, 11) is 1.62. The lowest BCUT2D eigenvalue weighted by Gasteiger charge is -2.43. The van der Waals surface area contributed by atoms with Crippen molar-refractivity contribution < 1.29 is 23.8 Å². The van der Waals surface area contributed by atoms with E-state index in [9.17, 15) is 15.2 Å². The number of aliphatic hydroxyl groups is 1. The van der Waals surface area contributed by atoms with Gasteiger partial charge in [-0.2, -0.15) is 10.3 Å². The van der Waals surface area contributed by atoms with Gasteiger partial charge in [0, 0.05) is 76.2 Å². The standard InChI is InChI=1S/C34H42FN9O4/c1-37-32(40-33(38-2)39-25-4-6-26(7-5-25)41-13-15-42(16-14-41)27-21-47-22-27)23-3-8-30(24(17-23)18-36)48-31-10-12-44(20-29(31)35)34(46)43-11-9-28(45)19-43/h3-8,17,27-29,31,45H,1,9-16,19-22H2,2H3,(H,38,39)/t28-,29-,31+/m1/s1. The first kappa shape index (κ1) is 33.3. The molecule has 13 nitrogen and oxygen atoms in total. The molecule has 4 saturated heterocycles. The molecule has 2 N–H and O–H groups in total. The normalized spacial score (nSPS) is 24.2. The zero-order chi connectivity index (χ0) is 33.6. The highest BCUT2D eigenvalue weighted by molar-refractivity contribution is 6.10. The van der Waals surface area contributed by atoms with Crippen LogP contribution in [0.3, 0.4) is 0 Å². The molecule has 0 unspecified atom stereocenters. The highest BCUT2D eigenvalue weighted by Gasteiger charge is 2.37. The van der Waals surface area contributed by atoms with E-state index in [2.05, 4.69) is 55.0 Å². The van der Waals surface area contributed by atoms with Crippen LogP contribution in [-0.4, -0.2) is 141 Å². The van der Waals surface area contributed by atoms with Crippen molar-refractivity contribution in [3.8, 4) is 11.8 Å². The molecule has 0 spiro atoms. The van der Waals surface area contributed by atoms with E-state index in [1.165, 1.54) is 4.90 Å². The number of aliphatic hydroxyl groups excluding tert-OH is 1. The summed E-state index contributed by atoms with van der Waals surface area (Å²) in [5.74, 6) is 0.797. The number of benzene rings is 2. The lowest BCUT2D eigenvalue weighted by Crippen LogP contribution is -2.56. The first-order valence-electron chi connectivity index (χ1n) is 16.4. The largest absolute Gasteiger partial charge is 0.486 e. The number of nitrogens with zero attached hydrogens (tertiary/aromatic N) is 8. The molecule has 0 radical (unpaired) electrons. The summed E-state index contributed by atoms with van der Waals surface area (Å²) in [5.41, 5.74) is 2.68. The highest BCUT2D eigenvalue weighted by atomic mass is 19.1. The Balaban J connectivity index is 1.06. The summed E-state index contributed by atoms with van der Waals surface area (Å²) < 4.78 is 26.5. The zero-order valence-corrected chi connectivity index (χ0v) is 27.2. The molecule has 48 heavy (non-hydrogen) atoms. The van der Waals surface area contributed by atoms with Crippen molar-refractivity contribution >= 4 is 35.9 Å². The number of aliphatic imine (C=N–C) groups is 3. The first-order chi connectivity index (χ1) is 23.3. The van der Waals surface area contributed by atoms with E-state index in [4.69, 9.17) is 9.47 Å². The van der Waals surface area contributed by atoms with Gasteiger partial charge in [0.25, 0.3) is 0 Å². The molecule has 0 saturated carbocycles. The number of piperidine rings is 1. The molecule has 0 aromatic heterocycles. The lowest BCUT2D eigenvalue weighted by atomic mass is 10.1. The summed E-state index contributed by atoms with van der Waals surface area (Å²) in [5, 5.41) is 22.9. The van der Waals surface area contributed by atoms with Gasteiger partial charge < -0.3 is 34.6 Å².